The van der Waals surface area contributed by atoms with E-state index in [0.717, 1.165) is 10.6 Å². The van der Waals surface area contributed by atoms with Crippen molar-refractivity contribution in [2.24, 2.45) is 0 Å². The van der Waals surface area contributed by atoms with E-state index in [1.165, 1.54) is 31.2 Å². The smallest absolute Gasteiger partial charge is 0.258 e. The van der Waals surface area contributed by atoms with Gasteiger partial charge in [0.25, 0.3) is 5.69 Å². The van der Waals surface area contributed by atoms with Gasteiger partial charge in [0.05, 0.1) is 10.6 Å². The van der Waals surface area contributed by atoms with Crippen molar-refractivity contribution < 1.29 is 18.1 Å². The summed E-state index contributed by atoms with van der Waals surface area (Å²) in [7, 11) is 0. The number of aromatic nitrogens is 3. The number of non-ortho nitro benzene ring substituents is 1. The highest BCUT2D eigenvalue weighted by Gasteiger charge is 2.35. The molecule has 0 N–H and O–H groups in total. The van der Waals surface area contributed by atoms with Crippen molar-refractivity contribution in [1.29, 1.82) is 0 Å². The van der Waals surface area contributed by atoms with Crippen molar-refractivity contribution >= 4 is 11.3 Å². The predicted octanol–water partition coefficient (Wildman–Crippen LogP) is 3.94. The Balaban J connectivity index is 2.20. The first-order valence-electron chi connectivity index (χ1n) is 6.87. The van der Waals surface area contributed by atoms with Crippen LogP contribution in [0.3, 0.4) is 0 Å². The number of hydrogen-bond acceptors (Lipinski definition) is 4. The molecule has 124 valence electrons. The second kappa shape index (κ2) is 5.29. The quantitative estimate of drug-likeness (QED) is 0.525. The van der Waals surface area contributed by atoms with E-state index in [-0.39, 0.29) is 22.7 Å². The first kappa shape index (κ1) is 15.9. The van der Waals surface area contributed by atoms with Crippen LogP contribution >= 0.6 is 0 Å². The van der Waals surface area contributed by atoms with Gasteiger partial charge in [0.15, 0.2) is 5.65 Å². The van der Waals surface area contributed by atoms with Crippen LogP contribution < -0.4 is 0 Å². The largest absolute Gasteiger partial charge is 0.433 e. The van der Waals surface area contributed by atoms with Gasteiger partial charge in [0.1, 0.15) is 5.69 Å². The molecule has 0 atom stereocenters. The first-order valence-corrected chi connectivity index (χ1v) is 6.87. The summed E-state index contributed by atoms with van der Waals surface area (Å²) in [6, 6.07) is 6.45. The van der Waals surface area contributed by atoms with Crippen LogP contribution in [0.5, 0.6) is 0 Å². The Morgan fingerprint density at radius 3 is 2.46 bits per heavy atom. The van der Waals surface area contributed by atoms with Gasteiger partial charge in [0.2, 0.25) is 0 Å². The maximum atomic E-state index is 13.2. The van der Waals surface area contributed by atoms with E-state index in [1.807, 2.05) is 0 Å². The van der Waals surface area contributed by atoms with E-state index in [1.54, 1.807) is 6.92 Å². The highest BCUT2D eigenvalue weighted by atomic mass is 19.4. The molecule has 2 aromatic heterocycles. The highest BCUT2D eigenvalue weighted by molar-refractivity contribution is 5.69. The van der Waals surface area contributed by atoms with Crippen LogP contribution in [0.15, 0.2) is 30.3 Å². The Morgan fingerprint density at radius 1 is 1.17 bits per heavy atom. The molecule has 0 spiro atoms. The molecule has 0 fully saturated rings. The average Bonchev–Trinajstić information content (AvgIpc) is 2.88. The normalized spacial score (nSPS) is 11.9. The van der Waals surface area contributed by atoms with Gasteiger partial charge in [0, 0.05) is 29.5 Å². The van der Waals surface area contributed by atoms with Gasteiger partial charge in [-0.3, -0.25) is 10.1 Å². The number of aryl methyl sites for hydroxylation is 2. The lowest BCUT2D eigenvalue weighted by atomic mass is 10.1. The third-order valence-electron chi connectivity index (χ3n) is 3.54. The number of nitro groups is 1. The SMILES string of the molecule is Cc1cc(C(F)(F)F)n2nc(-c3ccc([N+](=O)[O-])cc3C)cc2n1. The molecule has 0 saturated heterocycles. The molecule has 2 heterocycles. The summed E-state index contributed by atoms with van der Waals surface area (Å²) in [5.74, 6) is 0. The molecule has 0 bridgehead atoms. The fourth-order valence-electron chi connectivity index (χ4n) is 2.48. The van der Waals surface area contributed by atoms with E-state index >= 15 is 0 Å². The molecule has 0 amide bonds. The molecular weight excluding hydrogens is 325 g/mol. The van der Waals surface area contributed by atoms with Crippen molar-refractivity contribution in [3.63, 3.8) is 0 Å². The van der Waals surface area contributed by atoms with Crippen molar-refractivity contribution in [2.75, 3.05) is 0 Å². The van der Waals surface area contributed by atoms with Crippen molar-refractivity contribution in [2.45, 2.75) is 20.0 Å². The third kappa shape index (κ3) is 2.68. The van der Waals surface area contributed by atoms with E-state index < -0.39 is 16.8 Å². The Kier molecular flexibility index (Phi) is 3.51. The van der Waals surface area contributed by atoms with Crippen molar-refractivity contribution in [1.82, 2.24) is 14.6 Å². The zero-order chi connectivity index (χ0) is 17.6. The monoisotopic (exact) mass is 336 g/mol. The topological polar surface area (TPSA) is 73.3 Å². The lowest BCUT2D eigenvalue weighted by Gasteiger charge is -2.09. The molecular formula is C15H11F3N4O2. The Hall–Kier alpha value is -2.97. The zero-order valence-corrected chi connectivity index (χ0v) is 12.6. The summed E-state index contributed by atoms with van der Waals surface area (Å²) in [5, 5.41) is 14.8. The third-order valence-corrected chi connectivity index (χ3v) is 3.54. The van der Waals surface area contributed by atoms with Crippen LogP contribution in [-0.4, -0.2) is 19.5 Å². The molecule has 1 aromatic carbocycles. The summed E-state index contributed by atoms with van der Waals surface area (Å²) in [6.45, 7) is 3.11. The summed E-state index contributed by atoms with van der Waals surface area (Å²) in [5.41, 5.74) is 0.596. The standard InChI is InChI=1S/C15H11F3N4O2/c1-8-5-10(22(23)24)3-4-11(8)12-7-14-19-9(2)6-13(15(16,17)18)21(14)20-12/h3-7H,1-2H3. The molecule has 0 unspecified atom stereocenters. The second-order valence-electron chi connectivity index (χ2n) is 5.34. The number of hydrogen-bond donors (Lipinski definition) is 0. The summed E-state index contributed by atoms with van der Waals surface area (Å²) in [4.78, 5) is 14.3. The fourth-order valence-corrected chi connectivity index (χ4v) is 2.48. The van der Waals surface area contributed by atoms with Crippen LogP contribution in [0, 0.1) is 24.0 Å². The highest BCUT2D eigenvalue weighted by Crippen LogP contribution is 2.32. The van der Waals surface area contributed by atoms with E-state index in [9.17, 15) is 23.3 Å². The van der Waals surface area contributed by atoms with Crippen LogP contribution in [-0.2, 0) is 6.18 Å². The molecule has 24 heavy (non-hydrogen) atoms. The molecule has 9 heteroatoms. The van der Waals surface area contributed by atoms with Crippen LogP contribution in [0.25, 0.3) is 16.9 Å². The summed E-state index contributed by atoms with van der Waals surface area (Å²) >= 11 is 0. The van der Waals surface area contributed by atoms with Crippen molar-refractivity contribution in [3.05, 3.63) is 57.4 Å². The average molecular weight is 336 g/mol. The second-order valence-corrected chi connectivity index (χ2v) is 5.34. The van der Waals surface area contributed by atoms with Crippen LogP contribution in [0.1, 0.15) is 17.0 Å². The van der Waals surface area contributed by atoms with Crippen LogP contribution in [0.2, 0.25) is 0 Å². The molecule has 0 radical (unpaired) electrons. The number of fused-ring (bicyclic) bond motifs is 1. The van der Waals surface area contributed by atoms with Gasteiger partial charge < -0.3 is 0 Å². The number of nitro benzene ring substituents is 1. The van der Waals surface area contributed by atoms with Gasteiger partial charge in [-0.15, -0.1) is 0 Å². The lowest BCUT2D eigenvalue weighted by molar-refractivity contribution is -0.384. The zero-order valence-electron chi connectivity index (χ0n) is 12.6. The number of halogens is 3. The molecule has 3 aromatic rings. The Labute approximate surface area is 133 Å². The minimum Gasteiger partial charge on any atom is -0.258 e. The fraction of sp³-hybridized carbons (Fsp3) is 0.200. The minimum atomic E-state index is -4.57. The lowest BCUT2D eigenvalue weighted by Crippen LogP contribution is -2.13. The first-order chi connectivity index (χ1) is 11.2. The van der Waals surface area contributed by atoms with E-state index in [0.29, 0.717) is 11.1 Å². The molecule has 0 aliphatic carbocycles. The Bertz CT molecular complexity index is 963. The maximum absolute atomic E-state index is 13.2. The number of alkyl halides is 3. The van der Waals surface area contributed by atoms with Crippen LogP contribution in [0.4, 0.5) is 18.9 Å². The molecule has 3 rings (SSSR count). The van der Waals surface area contributed by atoms with E-state index in [2.05, 4.69) is 10.1 Å². The van der Waals surface area contributed by atoms with Gasteiger partial charge in [-0.25, -0.2) is 9.50 Å². The van der Waals surface area contributed by atoms with Gasteiger partial charge >= 0.3 is 6.18 Å². The maximum Gasteiger partial charge on any atom is 0.433 e. The number of rotatable bonds is 2. The predicted molar refractivity (Wildman–Crippen MR) is 79.6 cm³/mol. The molecule has 0 aliphatic heterocycles. The summed E-state index contributed by atoms with van der Waals surface area (Å²) < 4.78 is 40.2. The van der Waals surface area contributed by atoms with Gasteiger partial charge in [-0.05, 0) is 31.5 Å². The Morgan fingerprint density at radius 2 is 1.88 bits per heavy atom. The van der Waals surface area contributed by atoms with E-state index in [4.69, 9.17) is 0 Å². The molecule has 0 saturated carbocycles. The molecule has 0 aliphatic rings. The minimum absolute atomic E-state index is 0.0649. The molecule has 6 nitrogen and oxygen atoms in total. The van der Waals surface area contributed by atoms with Gasteiger partial charge in [-0.2, -0.15) is 18.3 Å². The number of nitrogens with zero attached hydrogens (tertiary/aromatic N) is 4. The number of benzene rings is 1. The summed E-state index contributed by atoms with van der Waals surface area (Å²) in [6.07, 6.45) is -4.57. The van der Waals surface area contributed by atoms with Gasteiger partial charge in [-0.1, -0.05) is 0 Å². The van der Waals surface area contributed by atoms with Crippen molar-refractivity contribution in [3.8, 4) is 11.3 Å².